The molecule has 0 aliphatic heterocycles. The molecule has 4 rings (SSSR count). The van der Waals surface area contributed by atoms with Crippen LogP contribution in [0.5, 0.6) is 0 Å². The van der Waals surface area contributed by atoms with E-state index in [4.69, 9.17) is 11.6 Å². The van der Waals surface area contributed by atoms with Gasteiger partial charge in [-0.3, -0.25) is 0 Å². The summed E-state index contributed by atoms with van der Waals surface area (Å²) < 4.78 is 13.3. The van der Waals surface area contributed by atoms with Crippen molar-refractivity contribution >= 4 is 11.6 Å². The van der Waals surface area contributed by atoms with Crippen LogP contribution in [-0.4, -0.2) is 12.6 Å². The van der Waals surface area contributed by atoms with Gasteiger partial charge in [-0.25, -0.2) is 4.39 Å². The van der Waals surface area contributed by atoms with Gasteiger partial charge in [0.05, 0.1) is 5.02 Å². The zero-order valence-electron chi connectivity index (χ0n) is 11.7. The standard InChI is InChI=1S/C17H21ClFN/c18-15-5-11(1-4-16(15)19)7-17(10-20-14-2-3-14)8-12-6-13(12)9-17/h1,4-5,12-14,20H,2-3,6-10H2. The van der Waals surface area contributed by atoms with Crippen molar-refractivity contribution in [3.8, 4) is 0 Å². The third-order valence-corrected chi connectivity index (χ3v) is 5.66. The average Bonchev–Trinajstić information content (AvgIpc) is 3.33. The highest BCUT2D eigenvalue weighted by Gasteiger charge is 2.53. The summed E-state index contributed by atoms with van der Waals surface area (Å²) in [7, 11) is 0. The molecule has 3 aliphatic rings. The lowest BCUT2D eigenvalue weighted by Gasteiger charge is -2.32. The van der Waals surface area contributed by atoms with Gasteiger partial charge < -0.3 is 5.32 Å². The maximum Gasteiger partial charge on any atom is 0.141 e. The summed E-state index contributed by atoms with van der Waals surface area (Å²) in [5.74, 6) is 1.62. The molecule has 1 nitrogen and oxygen atoms in total. The zero-order valence-corrected chi connectivity index (χ0v) is 12.4. The first-order valence-corrected chi connectivity index (χ1v) is 8.19. The summed E-state index contributed by atoms with van der Waals surface area (Å²) in [5, 5.41) is 3.98. The van der Waals surface area contributed by atoms with Crippen LogP contribution in [-0.2, 0) is 6.42 Å². The van der Waals surface area contributed by atoms with Crippen LogP contribution >= 0.6 is 11.6 Å². The van der Waals surface area contributed by atoms with Crippen LogP contribution in [0.2, 0.25) is 5.02 Å². The minimum atomic E-state index is -0.310. The highest BCUT2D eigenvalue weighted by Crippen LogP contribution is 2.60. The Labute approximate surface area is 124 Å². The lowest BCUT2D eigenvalue weighted by Crippen LogP contribution is -2.36. The predicted octanol–water partition coefficient (Wildman–Crippen LogP) is 4.19. The third kappa shape index (κ3) is 2.60. The van der Waals surface area contributed by atoms with Gasteiger partial charge in [0.15, 0.2) is 0 Å². The van der Waals surface area contributed by atoms with E-state index in [1.807, 2.05) is 12.1 Å². The van der Waals surface area contributed by atoms with Crippen LogP contribution < -0.4 is 5.32 Å². The molecular formula is C17H21ClFN. The lowest BCUT2D eigenvalue weighted by molar-refractivity contribution is 0.247. The Morgan fingerprint density at radius 3 is 2.65 bits per heavy atom. The van der Waals surface area contributed by atoms with Crippen molar-refractivity contribution < 1.29 is 4.39 Å². The van der Waals surface area contributed by atoms with Gasteiger partial charge in [-0.05, 0) is 73.5 Å². The Morgan fingerprint density at radius 2 is 2.00 bits per heavy atom. The first kappa shape index (κ1) is 13.1. The highest BCUT2D eigenvalue weighted by molar-refractivity contribution is 6.30. The van der Waals surface area contributed by atoms with Crippen molar-refractivity contribution in [3.63, 3.8) is 0 Å². The smallest absolute Gasteiger partial charge is 0.141 e. The Morgan fingerprint density at radius 1 is 1.25 bits per heavy atom. The number of fused-ring (bicyclic) bond motifs is 1. The number of hydrogen-bond donors (Lipinski definition) is 1. The topological polar surface area (TPSA) is 12.0 Å². The highest BCUT2D eigenvalue weighted by atomic mass is 35.5. The molecule has 3 heteroatoms. The molecule has 20 heavy (non-hydrogen) atoms. The van der Waals surface area contributed by atoms with E-state index in [2.05, 4.69) is 5.32 Å². The maximum absolute atomic E-state index is 13.3. The number of benzene rings is 1. The van der Waals surface area contributed by atoms with Gasteiger partial charge in [-0.15, -0.1) is 0 Å². The Balaban J connectivity index is 1.50. The minimum absolute atomic E-state index is 0.260. The van der Waals surface area contributed by atoms with E-state index in [0.717, 1.165) is 30.8 Å². The van der Waals surface area contributed by atoms with Gasteiger partial charge in [0.1, 0.15) is 5.82 Å². The van der Waals surface area contributed by atoms with Crippen molar-refractivity contribution in [2.24, 2.45) is 17.3 Å². The van der Waals surface area contributed by atoms with E-state index in [0.29, 0.717) is 5.41 Å². The van der Waals surface area contributed by atoms with E-state index in [-0.39, 0.29) is 10.8 Å². The molecule has 1 N–H and O–H groups in total. The average molecular weight is 294 g/mol. The molecule has 1 aromatic carbocycles. The summed E-state index contributed by atoms with van der Waals surface area (Å²) in [6, 6.07) is 6.00. The van der Waals surface area contributed by atoms with Crippen molar-refractivity contribution in [3.05, 3.63) is 34.6 Å². The molecule has 0 heterocycles. The first-order valence-electron chi connectivity index (χ1n) is 7.81. The van der Waals surface area contributed by atoms with Crippen molar-refractivity contribution in [1.82, 2.24) is 5.32 Å². The molecule has 0 saturated heterocycles. The normalized spacial score (nSPS) is 35.1. The number of halogens is 2. The molecule has 3 aliphatic carbocycles. The monoisotopic (exact) mass is 293 g/mol. The Hall–Kier alpha value is -0.600. The summed E-state index contributed by atoms with van der Waals surface area (Å²) in [4.78, 5) is 0. The van der Waals surface area contributed by atoms with Gasteiger partial charge in [-0.1, -0.05) is 17.7 Å². The van der Waals surface area contributed by atoms with Crippen LogP contribution in [0.4, 0.5) is 4.39 Å². The van der Waals surface area contributed by atoms with Crippen LogP contribution in [0.3, 0.4) is 0 Å². The number of nitrogens with one attached hydrogen (secondary N) is 1. The van der Waals surface area contributed by atoms with Crippen LogP contribution in [0.25, 0.3) is 0 Å². The molecule has 0 bridgehead atoms. The summed E-state index contributed by atoms with van der Waals surface area (Å²) in [6.45, 7) is 1.12. The van der Waals surface area contributed by atoms with Crippen molar-refractivity contribution in [1.29, 1.82) is 0 Å². The van der Waals surface area contributed by atoms with E-state index < -0.39 is 0 Å². The summed E-state index contributed by atoms with van der Waals surface area (Å²) in [5.41, 5.74) is 1.58. The van der Waals surface area contributed by atoms with Gasteiger partial charge in [-0.2, -0.15) is 0 Å². The molecule has 2 unspecified atom stereocenters. The third-order valence-electron chi connectivity index (χ3n) is 5.37. The SMILES string of the molecule is Fc1ccc(CC2(CNC3CC3)CC3CC3C2)cc1Cl. The van der Waals surface area contributed by atoms with Gasteiger partial charge in [0, 0.05) is 12.6 Å². The lowest BCUT2D eigenvalue weighted by atomic mass is 9.77. The molecule has 0 radical (unpaired) electrons. The molecule has 3 saturated carbocycles. The fourth-order valence-electron chi connectivity index (χ4n) is 4.09. The van der Waals surface area contributed by atoms with Crippen LogP contribution in [0.15, 0.2) is 18.2 Å². The molecule has 2 atom stereocenters. The first-order chi connectivity index (χ1) is 9.63. The van der Waals surface area contributed by atoms with Gasteiger partial charge >= 0.3 is 0 Å². The fraction of sp³-hybridized carbons (Fsp3) is 0.647. The van der Waals surface area contributed by atoms with E-state index in [9.17, 15) is 4.39 Å². The van der Waals surface area contributed by atoms with E-state index in [1.165, 1.54) is 43.7 Å². The maximum atomic E-state index is 13.3. The zero-order chi connectivity index (χ0) is 13.7. The second-order valence-electron chi connectivity index (χ2n) is 7.24. The van der Waals surface area contributed by atoms with Crippen LogP contribution in [0, 0.1) is 23.1 Å². The largest absolute Gasteiger partial charge is 0.313 e. The number of hydrogen-bond acceptors (Lipinski definition) is 1. The quantitative estimate of drug-likeness (QED) is 0.858. The second kappa shape index (κ2) is 4.71. The van der Waals surface area contributed by atoms with Crippen LogP contribution in [0.1, 0.15) is 37.7 Å². The summed E-state index contributed by atoms with van der Waals surface area (Å²) >= 11 is 5.93. The van der Waals surface area contributed by atoms with Crippen molar-refractivity contribution in [2.75, 3.05) is 6.54 Å². The molecule has 1 aromatic rings. The minimum Gasteiger partial charge on any atom is -0.313 e. The molecule has 0 aromatic heterocycles. The number of rotatable bonds is 5. The predicted molar refractivity (Wildman–Crippen MR) is 79.4 cm³/mol. The second-order valence-corrected chi connectivity index (χ2v) is 7.65. The summed E-state index contributed by atoms with van der Waals surface area (Å²) in [6.07, 6.45) is 7.84. The molecular weight excluding hydrogens is 273 g/mol. The molecule has 0 spiro atoms. The molecule has 108 valence electrons. The Bertz CT molecular complexity index is 516. The molecule has 3 fully saturated rings. The van der Waals surface area contributed by atoms with E-state index >= 15 is 0 Å². The Kier molecular flexibility index (Phi) is 3.08. The van der Waals surface area contributed by atoms with Gasteiger partial charge in [0.25, 0.3) is 0 Å². The van der Waals surface area contributed by atoms with Gasteiger partial charge in [0.2, 0.25) is 0 Å². The van der Waals surface area contributed by atoms with E-state index in [1.54, 1.807) is 0 Å². The molecule has 0 amide bonds. The fourth-order valence-corrected chi connectivity index (χ4v) is 4.29. The van der Waals surface area contributed by atoms with Crippen molar-refractivity contribution in [2.45, 2.75) is 44.6 Å².